The van der Waals surface area contributed by atoms with Crippen molar-refractivity contribution in [3.63, 3.8) is 0 Å². The minimum Gasteiger partial charge on any atom is -0.327 e. The van der Waals surface area contributed by atoms with Crippen molar-refractivity contribution >= 4 is 17.4 Å². The molecular formula is C7H7ClF2N2O. The second-order valence-electron chi connectivity index (χ2n) is 2.33. The van der Waals surface area contributed by atoms with Gasteiger partial charge in [-0.05, 0) is 6.92 Å². The lowest BCUT2D eigenvalue weighted by Gasteiger charge is -2.03. The molecule has 0 amide bonds. The Bertz CT molecular complexity index is 324. The summed E-state index contributed by atoms with van der Waals surface area (Å²) in [5.41, 5.74) is -0.223. The van der Waals surface area contributed by atoms with Crippen LogP contribution in [0.25, 0.3) is 0 Å². The van der Waals surface area contributed by atoms with Crippen molar-refractivity contribution in [2.24, 2.45) is 0 Å². The van der Waals surface area contributed by atoms with E-state index in [9.17, 15) is 13.6 Å². The highest BCUT2D eigenvalue weighted by atomic mass is 35.5. The Hall–Kier alpha value is -0.970. The summed E-state index contributed by atoms with van der Waals surface area (Å²) in [5, 5.41) is -0.174. The topological polar surface area (TPSA) is 34.9 Å². The fourth-order valence-electron chi connectivity index (χ4n) is 0.944. The molecule has 0 saturated carbocycles. The minimum absolute atomic E-state index is 0.174. The molecular weight excluding hydrogens is 202 g/mol. The maximum absolute atomic E-state index is 12.0. The zero-order valence-electron chi connectivity index (χ0n) is 6.80. The van der Waals surface area contributed by atoms with Crippen molar-refractivity contribution in [1.29, 1.82) is 0 Å². The monoisotopic (exact) mass is 208 g/mol. The number of nitrogens with zero attached hydrogens (tertiary/aromatic N) is 2. The molecule has 72 valence electrons. The lowest BCUT2D eigenvalue weighted by atomic mass is 10.3. The van der Waals surface area contributed by atoms with E-state index < -0.39 is 12.2 Å². The van der Waals surface area contributed by atoms with Gasteiger partial charge in [0, 0.05) is 6.54 Å². The van der Waals surface area contributed by atoms with Crippen molar-refractivity contribution in [3.8, 4) is 0 Å². The van der Waals surface area contributed by atoms with Crippen LogP contribution in [-0.2, 0) is 6.54 Å². The van der Waals surface area contributed by atoms with E-state index in [2.05, 4.69) is 4.98 Å². The first-order valence-electron chi connectivity index (χ1n) is 3.61. The van der Waals surface area contributed by atoms with E-state index in [-0.39, 0.29) is 10.8 Å². The average molecular weight is 209 g/mol. The van der Waals surface area contributed by atoms with E-state index in [4.69, 9.17) is 11.6 Å². The number of carbonyl (C=O) groups is 1. The highest BCUT2D eigenvalue weighted by Gasteiger charge is 2.24. The molecule has 13 heavy (non-hydrogen) atoms. The molecule has 0 aliphatic rings. The van der Waals surface area contributed by atoms with Crippen LogP contribution in [0.3, 0.4) is 0 Å². The van der Waals surface area contributed by atoms with E-state index in [0.29, 0.717) is 6.54 Å². The van der Waals surface area contributed by atoms with Crippen LogP contribution in [0, 0.1) is 0 Å². The summed E-state index contributed by atoms with van der Waals surface area (Å²) in [7, 11) is 0. The molecule has 0 radical (unpaired) electrons. The van der Waals surface area contributed by atoms with Crippen molar-refractivity contribution in [1.82, 2.24) is 9.55 Å². The minimum atomic E-state index is -3.04. The number of Topliss-reactive ketones (excluding diaryl/α,β-unsaturated/α-hetero) is 1. The predicted molar refractivity (Wildman–Crippen MR) is 43.2 cm³/mol. The van der Waals surface area contributed by atoms with Crippen LogP contribution in [0.15, 0.2) is 6.33 Å². The number of ketones is 1. The van der Waals surface area contributed by atoms with E-state index in [0.717, 1.165) is 0 Å². The summed E-state index contributed by atoms with van der Waals surface area (Å²) < 4.78 is 25.4. The maximum atomic E-state index is 12.0. The molecule has 0 fully saturated rings. The highest BCUT2D eigenvalue weighted by molar-refractivity contribution is 6.32. The molecule has 0 unspecified atom stereocenters. The molecule has 0 saturated heterocycles. The second-order valence-corrected chi connectivity index (χ2v) is 2.69. The molecule has 1 rings (SSSR count). The first-order chi connectivity index (χ1) is 6.07. The van der Waals surface area contributed by atoms with Crippen molar-refractivity contribution in [3.05, 3.63) is 17.2 Å². The van der Waals surface area contributed by atoms with Crippen molar-refractivity contribution in [2.45, 2.75) is 19.9 Å². The third kappa shape index (κ3) is 1.85. The Kier molecular flexibility index (Phi) is 2.98. The van der Waals surface area contributed by atoms with E-state index in [1.165, 1.54) is 10.9 Å². The van der Waals surface area contributed by atoms with Gasteiger partial charge in [0.2, 0.25) is 5.78 Å². The van der Waals surface area contributed by atoms with Gasteiger partial charge in [-0.1, -0.05) is 11.6 Å². The van der Waals surface area contributed by atoms with Gasteiger partial charge in [0.1, 0.15) is 5.69 Å². The van der Waals surface area contributed by atoms with Gasteiger partial charge in [0.15, 0.2) is 5.15 Å². The Morgan fingerprint density at radius 1 is 1.77 bits per heavy atom. The Morgan fingerprint density at radius 2 is 2.38 bits per heavy atom. The predicted octanol–water partition coefficient (Wildman–Crippen LogP) is 2.00. The number of hydrogen-bond donors (Lipinski definition) is 0. The summed E-state index contributed by atoms with van der Waals surface area (Å²) in [6, 6.07) is 0. The lowest BCUT2D eigenvalue weighted by molar-refractivity contribution is 0.0668. The molecule has 1 aromatic rings. The van der Waals surface area contributed by atoms with Gasteiger partial charge in [-0.15, -0.1) is 0 Å². The number of rotatable bonds is 3. The molecule has 1 aromatic heterocycles. The van der Waals surface area contributed by atoms with Crippen LogP contribution < -0.4 is 0 Å². The van der Waals surface area contributed by atoms with E-state index >= 15 is 0 Å². The molecule has 6 heteroatoms. The van der Waals surface area contributed by atoms with Crippen LogP contribution in [0.2, 0.25) is 5.15 Å². The standard InChI is InChI=1S/C7H7ClF2N2O/c1-2-12-3-11-6(8)4(12)5(13)7(9)10/h3,7H,2H2,1H3. The molecule has 1 heterocycles. The van der Waals surface area contributed by atoms with Crippen LogP contribution in [0.1, 0.15) is 17.4 Å². The summed E-state index contributed by atoms with van der Waals surface area (Å²) >= 11 is 5.48. The number of alkyl halides is 2. The van der Waals surface area contributed by atoms with E-state index in [1.54, 1.807) is 6.92 Å². The number of halogens is 3. The molecule has 0 aliphatic heterocycles. The summed E-state index contributed by atoms with van der Waals surface area (Å²) in [6.07, 6.45) is -1.78. The number of imidazole rings is 1. The third-order valence-corrected chi connectivity index (χ3v) is 1.84. The van der Waals surface area contributed by atoms with Crippen molar-refractivity contribution in [2.75, 3.05) is 0 Å². The first kappa shape index (κ1) is 10.1. The molecule has 3 nitrogen and oxygen atoms in total. The van der Waals surface area contributed by atoms with Crippen LogP contribution in [0.5, 0.6) is 0 Å². The fourth-order valence-corrected chi connectivity index (χ4v) is 1.19. The second kappa shape index (κ2) is 3.83. The zero-order chi connectivity index (χ0) is 10.0. The SMILES string of the molecule is CCn1cnc(Cl)c1C(=O)C(F)F. The van der Waals surface area contributed by atoms with Crippen molar-refractivity contribution < 1.29 is 13.6 Å². The average Bonchev–Trinajstić information content (AvgIpc) is 2.45. The van der Waals surface area contributed by atoms with Gasteiger partial charge in [0.05, 0.1) is 6.33 Å². The Morgan fingerprint density at radius 3 is 2.85 bits per heavy atom. The molecule has 0 aromatic carbocycles. The zero-order valence-corrected chi connectivity index (χ0v) is 7.55. The fraction of sp³-hybridized carbons (Fsp3) is 0.429. The molecule has 0 atom stereocenters. The normalized spacial score (nSPS) is 10.8. The van der Waals surface area contributed by atoms with Gasteiger partial charge in [-0.2, -0.15) is 0 Å². The van der Waals surface area contributed by atoms with E-state index in [1.807, 2.05) is 0 Å². The van der Waals surface area contributed by atoms with Gasteiger partial charge in [-0.3, -0.25) is 4.79 Å². The highest BCUT2D eigenvalue weighted by Crippen LogP contribution is 2.17. The molecule has 0 bridgehead atoms. The summed E-state index contributed by atoms with van der Waals surface area (Å²) in [4.78, 5) is 14.5. The number of aromatic nitrogens is 2. The Labute approximate surface area is 78.3 Å². The van der Waals surface area contributed by atoms with Gasteiger partial charge >= 0.3 is 6.43 Å². The summed E-state index contributed by atoms with van der Waals surface area (Å²) in [6.45, 7) is 2.09. The first-order valence-corrected chi connectivity index (χ1v) is 3.98. The maximum Gasteiger partial charge on any atom is 0.302 e. The molecule has 0 N–H and O–H groups in total. The van der Waals surface area contributed by atoms with Crippen LogP contribution in [0.4, 0.5) is 8.78 Å². The number of aryl methyl sites for hydroxylation is 1. The number of hydrogen-bond acceptors (Lipinski definition) is 2. The van der Waals surface area contributed by atoms with Gasteiger partial charge in [-0.25, -0.2) is 13.8 Å². The third-order valence-electron chi connectivity index (χ3n) is 1.57. The lowest BCUT2D eigenvalue weighted by Crippen LogP contribution is -2.15. The van der Waals surface area contributed by atoms with Crippen LogP contribution >= 0.6 is 11.6 Å². The van der Waals surface area contributed by atoms with Gasteiger partial charge < -0.3 is 4.57 Å². The van der Waals surface area contributed by atoms with Crippen LogP contribution in [-0.4, -0.2) is 21.8 Å². The Balaban J connectivity index is 3.11. The summed E-state index contributed by atoms with van der Waals surface area (Å²) in [5.74, 6) is -1.29. The van der Waals surface area contributed by atoms with Gasteiger partial charge in [0.25, 0.3) is 0 Å². The number of carbonyl (C=O) groups excluding carboxylic acids is 1. The smallest absolute Gasteiger partial charge is 0.302 e. The largest absolute Gasteiger partial charge is 0.327 e. The molecule has 0 aliphatic carbocycles. The quantitative estimate of drug-likeness (QED) is 0.713. The molecule has 0 spiro atoms.